The maximum absolute atomic E-state index is 11.2. The molecule has 1 aromatic rings. The third-order valence-corrected chi connectivity index (χ3v) is 3.44. The molecule has 0 spiro atoms. The normalized spacial score (nSPS) is 25.9. The molecule has 0 aliphatic carbocycles. The summed E-state index contributed by atoms with van der Waals surface area (Å²) in [5.74, 6) is -0.390. The van der Waals surface area contributed by atoms with E-state index in [0.717, 1.165) is 12.0 Å². The summed E-state index contributed by atoms with van der Waals surface area (Å²) in [7, 11) is 0. The van der Waals surface area contributed by atoms with Crippen molar-refractivity contribution in [3.63, 3.8) is 0 Å². The monoisotopic (exact) mass is 235 g/mol. The summed E-state index contributed by atoms with van der Waals surface area (Å²) in [5, 5.41) is 9.17. The molecule has 3 rings (SSSR count). The molecule has 2 aliphatic rings. The predicted octanol–water partition coefficient (Wildman–Crippen LogP) is 1.23. The standard InChI is InChI=1S/C12H13NO4/c13-8-2-1-7-6-3-4-16-9(6)5-17-11(7)10(8)12(14)15/h1-2,6,9H,3-5,13H2,(H,14,15). The lowest BCUT2D eigenvalue weighted by Gasteiger charge is -2.28. The first-order chi connectivity index (χ1) is 8.18. The molecule has 2 unspecified atom stereocenters. The first kappa shape index (κ1) is 10.4. The van der Waals surface area contributed by atoms with E-state index in [1.165, 1.54) is 0 Å². The van der Waals surface area contributed by atoms with Gasteiger partial charge in [-0.2, -0.15) is 0 Å². The van der Waals surface area contributed by atoms with Crippen molar-refractivity contribution < 1.29 is 19.4 Å². The van der Waals surface area contributed by atoms with Crippen molar-refractivity contribution in [3.8, 4) is 5.75 Å². The van der Waals surface area contributed by atoms with E-state index >= 15 is 0 Å². The molecule has 90 valence electrons. The lowest BCUT2D eigenvalue weighted by atomic mass is 9.88. The van der Waals surface area contributed by atoms with Gasteiger partial charge in [-0.25, -0.2) is 4.79 Å². The average molecular weight is 235 g/mol. The number of rotatable bonds is 1. The van der Waals surface area contributed by atoms with E-state index in [4.69, 9.17) is 15.2 Å². The lowest BCUT2D eigenvalue weighted by molar-refractivity contribution is 0.0484. The molecule has 3 N–H and O–H groups in total. The highest BCUT2D eigenvalue weighted by atomic mass is 16.5. The Morgan fingerprint density at radius 1 is 1.47 bits per heavy atom. The molecule has 1 fully saturated rings. The second kappa shape index (κ2) is 3.63. The van der Waals surface area contributed by atoms with Crippen LogP contribution in [0.3, 0.4) is 0 Å². The minimum atomic E-state index is -1.04. The Balaban J connectivity index is 2.15. The van der Waals surface area contributed by atoms with E-state index < -0.39 is 5.97 Å². The Bertz CT molecular complexity index is 486. The SMILES string of the molecule is Nc1ccc2c(c1C(=O)O)OCC1OCCC21. The number of hydrogen-bond acceptors (Lipinski definition) is 4. The number of aromatic carboxylic acids is 1. The van der Waals surface area contributed by atoms with Gasteiger partial charge in [0, 0.05) is 23.8 Å². The van der Waals surface area contributed by atoms with Crippen LogP contribution in [0.2, 0.25) is 0 Å². The van der Waals surface area contributed by atoms with Crippen LogP contribution in [0.25, 0.3) is 0 Å². The van der Waals surface area contributed by atoms with Gasteiger partial charge in [-0.1, -0.05) is 6.07 Å². The van der Waals surface area contributed by atoms with Crippen molar-refractivity contribution in [1.29, 1.82) is 0 Å². The third-order valence-electron chi connectivity index (χ3n) is 3.44. The smallest absolute Gasteiger partial charge is 0.341 e. The molecule has 0 saturated carbocycles. The fourth-order valence-electron chi connectivity index (χ4n) is 2.62. The zero-order valence-electron chi connectivity index (χ0n) is 9.18. The summed E-state index contributed by atoms with van der Waals surface area (Å²) < 4.78 is 11.1. The number of fused-ring (bicyclic) bond motifs is 3. The van der Waals surface area contributed by atoms with Crippen molar-refractivity contribution in [3.05, 3.63) is 23.3 Å². The summed E-state index contributed by atoms with van der Waals surface area (Å²) in [5.41, 5.74) is 6.92. The Hall–Kier alpha value is -1.75. The van der Waals surface area contributed by atoms with E-state index in [2.05, 4.69) is 0 Å². The van der Waals surface area contributed by atoms with Gasteiger partial charge in [-0.15, -0.1) is 0 Å². The van der Waals surface area contributed by atoms with Gasteiger partial charge in [0.15, 0.2) is 0 Å². The van der Waals surface area contributed by atoms with Crippen LogP contribution < -0.4 is 10.5 Å². The number of carbonyl (C=O) groups is 1. The zero-order valence-corrected chi connectivity index (χ0v) is 9.18. The van der Waals surface area contributed by atoms with Crippen molar-refractivity contribution in [2.24, 2.45) is 0 Å². The maximum atomic E-state index is 11.2. The van der Waals surface area contributed by atoms with Crippen LogP contribution in [0.5, 0.6) is 5.75 Å². The fourth-order valence-corrected chi connectivity index (χ4v) is 2.62. The average Bonchev–Trinajstić information content (AvgIpc) is 2.75. The van der Waals surface area contributed by atoms with Gasteiger partial charge in [0.05, 0.1) is 6.10 Å². The Morgan fingerprint density at radius 3 is 3.06 bits per heavy atom. The van der Waals surface area contributed by atoms with E-state index in [1.54, 1.807) is 6.07 Å². The number of nitrogen functional groups attached to an aromatic ring is 1. The highest BCUT2D eigenvalue weighted by molar-refractivity contribution is 5.97. The quantitative estimate of drug-likeness (QED) is 0.715. The highest BCUT2D eigenvalue weighted by Gasteiger charge is 2.38. The van der Waals surface area contributed by atoms with E-state index in [0.29, 0.717) is 19.0 Å². The number of ether oxygens (including phenoxy) is 2. The van der Waals surface area contributed by atoms with Crippen molar-refractivity contribution in [2.75, 3.05) is 18.9 Å². The summed E-state index contributed by atoms with van der Waals surface area (Å²) in [4.78, 5) is 11.2. The van der Waals surface area contributed by atoms with E-state index in [9.17, 15) is 9.90 Å². The number of carboxylic acid groups (broad SMARTS) is 1. The molecule has 17 heavy (non-hydrogen) atoms. The largest absolute Gasteiger partial charge is 0.490 e. The van der Waals surface area contributed by atoms with Crippen LogP contribution in [0, 0.1) is 0 Å². The molecular formula is C12H13NO4. The molecule has 0 bridgehead atoms. The van der Waals surface area contributed by atoms with Crippen LogP contribution in [0.4, 0.5) is 5.69 Å². The summed E-state index contributed by atoms with van der Waals surface area (Å²) in [6, 6.07) is 3.48. The second-order valence-corrected chi connectivity index (χ2v) is 4.37. The molecule has 1 aromatic carbocycles. The predicted molar refractivity (Wildman–Crippen MR) is 60.4 cm³/mol. The molecule has 0 amide bonds. The topological polar surface area (TPSA) is 81.8 Å². The Kier molecular flexibility index (Phi) is 2.22. The van der Waals surface area contributed by atoms with Crippen LogP contribution in [0.15, 0.2) is 12.1 Å². The van der Waals surface area contributed by atoms with Crippen LogP contribution in [-0.2, 0) is 4.74 Å². The minimum absolute atomic E-state index is 0.0489. The second-order valence-electron chi connectivity index (χ2n) is 4.37. The molecule has 5 nitrogen and oxygen atoms in total. The number of anilines is 1. The summed E-state index contributed by atoms with van der Waals surface area (Å²) >= 11 is 0. The fraction of sp³-hybridized carbons (Fsp3) is 0.417. The van der Waals surface area contributed by atoms with E-state index in [-0.39, 0.29) is 23.3 Å². The Morgan fingerprint density at radius 2 is 2.29 bits per heavy atom. The highest BCUT2D eigenvalue weighted by Crippen LogP contribution is 2.43. The van der Waals surface area contributed by atoms with Crippen LogP contribution >= 0.6 is 0 Å². The van der Waals surface area contributed by atoms with Gasteiger partial charge in [0.1, 0.15) is 17.9 Å². The summed E-state index contributed by atoms with van der Waals surface area (Å²) in [6.07, 6.45) is 0.956. The molecule has 0 radical (unpaired) electrons. The number of benzene rings is 1. The van der Waals surface area contributed by atoms with Gasteiger partial charge in [-0.3, -0.25) is 0 Å². The minimum Gasteiger partial charge on any atom is -0.490 e. The lowest BCUT2D eigenvalue weighted by Crippen LogP contribution is -2.29. The number of carboxylic acids is 1. The molecule has 1 saturated heterocycles. The first-order valence-electron chi connectivity index (χ1n) is 5.58. The number of nitrogens with two attached hydrogens (primary N) is 1. The van der Waals surface area contributed by atoms with Crippen molar-refractivity contribution in [2.45, 2.75) is 18.4 Å². The molecule has 2 atom stereocenters. The van der Waals surface area contributed by atoms with Gasteiger partial charge in [0.2, 0.25) is 0 Å². The molecule has 5 heteroatoms. The molecule has 2 heterocycles. The van der Waals surface area contributed by atoms with Crippen LogP contribution in [-0.4, -0.2) is 30.4 Å². The zero-order chi connectivity index (χ0) is 12.0. The Labute approximate surface area is 98.1 Å². The third kappa shape index (κ3) is 1.46. The van der Waals surface area contributed by atoms with Gasteiger partial charge < -0.3 is 20.3 Å². The van der Waals surface area contributed by atoms with Crippen LogP contribution in [0.1, 0.15) is 28.3 Å². The number of hydrogen-bond donors (Lipinski definition) is 2. The maximum Gasteiger partial charge on any atom is 0.341 e. The van der Waals surface area contributed by atoms with Crippen molar-refractivity contribution >= 4 is 11.7 Å². The van der Waals surface area contributed by atoms with Gasteiger partial charge in [-0.05, 0) is 12.5 Å². The van der Waals surface area contributed by atoms with Crippen molar-refractivity contribution in [1.82, 2.24) is 0 Å². The van der Waals surface area contributed by atoms with E-state index in [1.807, 2.05) is 6.07 Å². The first-order valence-corrected chi connectivity index (χ1v) is 5.58. The molecule has 0 aromatic heterocycles. The summed E-state index contributed by atoms with van der Waals surface area (Å²) in [6.45, 7) is 1.10. The molecule has 2 aliphatic heterocycles. The molecular weight excluding hydrogens is 222 g/mol. The van der Waals surface area contributed by atoms with Gasteiger partial charge in [0.25, 0.3) is 0 Å². The van der Waals surface area contributed by atoms with Gasteiger partial charge >= 0.3 is 5.97 Å².